The van der Waals surface area contributed by atoms with E-state index in [2.05, 4.69) is 39.7 Å². The topological polar surface area (TPSA) is 79.6 Å². The summed E-state index contributed by atoms with van der Waals surface area (Å²) in [5.74, 6) is -0.0478. The lowest BCUT2D eigenvalue weighted by Crippen LogP contribution is -2.32. The Labute approximate surface area is 192 Å². The second-order valence-electron chi connectivity index (χ2n) is 7.82. The Kier molecular flexibility index (Phi) is 6.14. The standard InChI is InChI=1S/C24H26N4O3S/c1-15-14-19(16(2)28(15)17-7-9-18(29)10-8-17)23-22(20-6-4-5-12-25-20)26-24(32)27(23)13-11-21(30)31-3/h4-10,12,14,22-23,29H,11,13H2,1-3H3,(H,26,32)/t22-,23-/m0/s1. The predicted molar refractivity (Wildman–Crippen MR) is 126 cm³/mol. The van der Waals surface area contributed by atoms with Crippen molar-refractivity contribution in [2.45, 2.75) is 32.4 Å². The first-order valence-electron chi connectivity index (χ1n) is 10.4. The van der Waals surface area contributed by atoms with Gasteiger partial charge >= 0.3 is 5.97 Å². The maximum absolute atomic E-state index is 11.9. The smallest absolute Gasteiger partial charge is 0.307 e. The van der Waals surface area contributed by atoms with Crippen molar-refractivity contribution >= 4 is 23.3 Å². The van der Waals surface area contributed by atoms with Crippen molar-refractivity contribution in [2.24, 2.45) is 0 Å². The van der Waals surface area contributed by atoms with Crippen molar-refractivity contribution in [3.63, 3.8) is 0 Å². The van der Waals surface area contributed by atoms with Gasteiger partial charge in [-0.2, -0.15) is 0 Å². The van der Waals surface area contributed by atoms with Crippen LogP contribution in [0.15, 0.2) is 54.7 Å². The van der Waals surface area contributed by atoms with Gasteiger partial charge in [0.1, 0.15) is 5.75 Å². The molecule has 1 aliphatic rings. The molecule has 0 aliphatic carbocycles. The van der Waals surface area contributed by atoms with Crippen molar-refractivity contribution in [1.29, 1.82) is 0 Å². The van der Waals surface area contributed by atoms with Gasteiger partial charge in [-0.3, -0.25) is 9.78 Å². The van der Waals surface area contributed by atoms with Crippen LogP contribution in [0.25, 0.3) is 5.69 Å². The first-order valence-corrected chi connectivity index (χ1v) is 10.8. The van der Waals surface area contributed by atoms with Crippen LogP contribution in [0.5, 0.6) is 5.75 Å². The molecule has 0 saturated carbocycles. The maximum Gasteiger partial charge on any atom is 0.307 e. The van der Waals surface area contributed by atoms with Crippen molar-refractivity contribution in [3.05, 3.63) is 77.4 Å². The molecule has 2 aromatic heterocycles. The number of methoxy groups -OCH3 is 1. The number of carbonyl (C=O) groups is 1. The lowest BCUT2D eigenvalue weighted by atomic mass is 9.96. The predicted octanol–water partition coefficient (Wildman–Crippen LogP) is 3.73. The highest BCUT2D eigenvalue weighted by Crippen LogP contribution is 2.41. The molecule has 0 radical (unpaired) electrons. The minimum Gasteiger partial charge on any atom is -0.508 e. The van der Waals surface area contributed by atoms with E-state index in [9.17, 15) is 9.90 Å². The number of thiocarbonyl (C=S) groups is 1. The zero-order valence-corrected chi connectivity index (χ0v) is 19.1. The third-order valence-corrected chi connectivity index (χ3v) is 6.23. The molecule has 1 aromatic carbocycles. The zero-order chi connectivity index (χ0) is 22.8. The van der Waals surface area contributed by atoms with Gasteiger partial charge in [-0.05, 0) is 74.1 Å². The van der Waals surface area contributed by atoms with Crippen LogP contribution in [0.2, 0.25) is 0 Å². The number of nitrogens with zero attached hydrogens (tertiary/aromatic N) is 3. The second-order valence-corrected chi connectivity index (χ2v) is 8.21. The number of phenolic OH excluding ortho intramolecular Hbond substituents is 1. The fourth-order valence-electron chi connectivity index (χ4n) is 4.38. The number of pyridine rings is 1. The number of esters is 1. The molecule has 0 unspecified atom stereocenters. The zero-order valence-electron chi connectivity index (χ0n) is 18.3. The first kappa shape index (κ1) is 21.8. The van der Waals surface area contributed by atoms with Gasteiger partial charge in [0, 0.05) is 29.8 Å². The summed E-state index contributed by atoms with van der Waals surface area (Å²) < 4.78 is 7.00. The largest absolute Gasteiger partial charge is 0.508 e. The molecule has 166 valence electrons. The lowest BCUT2D eigenvalue weighted by molar-refractivity contribution is -0.140. The van der Waals surface area contributed by atoms with Gasteiger partial charge < -0.3 is 24.6 Å². The van der Waals surface area contributed by atoms with Gasteiger partial charge in [0.2, 0.25) is 0 Å². The molecule has 2 N–H and O–H groups in total. The van der Waals surface area contributed by atoms with Crippen molar-refractivity contribution in [2.75, 3.05) is 13.7 Å². The fourth-order valence-corrected chi connectivity index (χ4v) is 4.72. The van der Waals surface area contributed by atoms with E-state index in [1.54, 1.807) is 18.3 Å². The molecular weight excluding hydrogens is 424 g/mol. The second kappa shape index (κ2) is 9.00. The summed E-state index contributed by atoms with van der Waals surface area (Å²) in [5, 5.41) is 13.7. The van der Waals surface area contributed by atoms with E-state index >= 15 is 0 Å². The minimum absolute atomic E-state index is 0.140. The van der Waals surface area contributed by atoms with Crippen molar-refractivity contribution in [1.82, 2.24) is 19.8 Å². The molecule has 0 bridgehead atoms. The number of phenols is 1. The van der Waals surface area contributed by atoms with Crippen LogP contribution in [0, 0.1) is 13.8 Å². The molecule has 7 nitrogen and oxygen atoms in total. The molecular formula is C24H26N4O3S. The normalized spacial score (nSPS) is 18.0. The SMILES string of the molecule is COC(=O)CCN1C(=S)N[C@@H](c2ccccn2)[C@@H]1c1cc(C)n(-c2ccc(O)cc2)c1C. The summed E-state index contributed by atoms with van der Waals surface area (Å²) in [6, 6.07) is 14.8. The monoisotopic (exact) mass is 450 g/mol. The Hall–Kier alpha value is -3.39. The van der Waals surface area contributed by atoms with Crippen LogP contribution < -0.4 is 5.32 Å². The first-order chi connectivity index (χ1) is 15.4. The number of aryl methyl sites for hydroxylation is 1. The van der Waals surface area contributed by atoms with Gasteiger partial charge in [0.05, 0.1) is 31.3 Å². The van der Waals surface area contributed by atoms with Crippen LogP contribution >= 0.6 is 12.2 Å². The Morgan fingerprint density at radius 3 is 2.62 bits per heavy atom. The Morgan fingerprint density at radius 2 is 1.97 bits per heavy atom. The minimum atomic E-state index is -0.276. The quantitative estimate of drug-likeness (QED) is 0.438. The number of ether oxygens (including phenoxy) is 1. The number of nitrogens with one attached hydrogen (secondary N) is 1. The highest BCUT2D eigenvalue weighted by molar-refractivity contribution is 7.80. The van der Waals surface area contributed by atoms with Gasteiger partial charge in [-0.15, -0.1) is 0 Å². The molecule has 1 aliphatic heterocycles. The molecule has 8 heteroatoms. The number of hydrogen-bond acceptors (Lipinski definition) is 5. The third kappa shape index (κ3) is 4.05. The van der Waals surface area contributed by atoms with E-state index in [-0.39, 0.29) is 30.2 Å². The number of carbonyl (C=O) groups excluding carboxylic acids is 1. The molecule has 0 amide bonds. The van der Waals surface area contributed by atoms with Crippen LogP contribution in [0.1, 0.15) is 41.1 Å². The van der Waals surface area contributed by atoms with Gasteiger partial charge in [-0.25, -0.2) is 0 Å². The summed E-state index contributed by atoms with van der Waals surface area (Å²) in [6.07, 6.45) is 2.01. The number of rotatable bonds is 6. The van der Waals surface area contributed by atoms with E-state index in [1.165, 1.54) is 7.11 Å². The number of aromatic hydroxyl groups is 1. The van der Waals surface area contributed by atoms with E-state index in [0.717, 1.165) is 28.3 Å². The van der Waals surface area contributed by atoms with Crippen LogP contribution in [-0.4, -0.2) is 44.3 Å². The molecule has 4 rings (SSSR count). The van der Waals surface area contributed by atoms with Crippen LogP contribution in [-0.2, 0) is 9.53 Å². The maximum atomic E-state index is 11.9. The molecule has 3 aromatic rings. The van der Waals surface area contributed by atoms with Gasteiger partial charge in [0.25, 0.3) is 0 Å². The van der Waals surface area contributed by atoms with E-state index < -0.39 is 0 Å². The van der Waals surface area contributed by atoms with Gasteiger partial charge in [0.15, 0.2) is 5.11 Å². The molecule has 32 heavy (non-hydrogen) atoms. The molecule has 1 fully saturated rings. The summed E-state index contributed by atoms with van der Waals surface area (Å²) in [7, 11) is 1.39. The fraction of sp³-hybridized carbons (Fsp3) is 0.292. The molecule has 1 saturated heterocycles. The molecule has 2 atom stereocenters. The number of benzene rings is 1. The highest BCUT2D eigenvalue weighted by Gasteiger charge is 2.41. The summed E-state index contributed by atoms with van der Waals surface area (Å²) in [5.41, 5.74) is 5.08. The summed E-state index contributed by atoms with van der Waals surface area (Å²) in [4.78, 5) is 18.5. The Morgan fingerprint density at radius 1 is 1.22 bits per heavy atom. The average Bonchev–Trinajstić information content (AvgIpc) is 3.28. The van der Waals surface area contributed by atoms with E-state index in [0.29, 0.717) is 11.7 Å². The van der Waals surface area contributed by atoms with E-state index in [4.69, 9.17) is 17.0 Å². The Bertz CT molecular complexity index is 1130. The molecule has 3 heterocycles. The highest BCUT2D eigenvalue weighted by atomic mass is 32.1. The lowest BCUT2D eigenvalue weighted by Gasteiger charge is -2.28. The van der Waals surface area contributed by atoms with Crippen molar-refractivity contribution < 1.29 is 14.6 Å². The third-order valence-electron chi connectivity index (χ3n) is 5.88. The number of aromatic nitrogens is 2. The average molecular weight is 451 g/mol. The summed E-state index contributed by atoms with van der Waals surface area (Å²) in [6.45, 7) is 4.57. The van der Waals surface area contributed by atoms with Crippen LogP contribution in [0.4, 0.5) is 0 Å². The Balaban J connectivity index is 1.78. The summed E-state index contributed by atoms with van der Waals surface area (Å²) >= 11 is 5.67. The van der Waals surface area contributed by atoms with Crippen LogP contribution in [0.3, 0.4) is 0 Å². The number of hydrogen-bond donors (Lipinski definition) is 2. The van der Waals surface area contributed by atoms with Crippen molar-refractivity contribution in [3.8, 4) is 11.4 Å². The molecule has 0 spiro atoms. The van der Waals surface area contributed by atoms with E-state index in [1.807, 2.05) is 30.3 Å². The van der Waals surface area contributed by atoms with Gasteiger partial charge in [-0.1, -0.05) is 6.07 Å².